The van der Waals surface area contributed by atoms with Crippen molar-refractivity contribution in [1.29, 1.82) is 0 Å². The summed E-state index contributed by atoms with van der Waals surface area (Å²) in [5, 5.41) is 4.40. The van der Waals surface area contributed by atoms with Gasteiger partial charge in [-0.05, 0) is 155 Å². The van der Waals surface area contributed by atoms with Gasteiger partial charge in [0.15, 0.2) is 0 Å². The molecule has 0 unspecified atom stereocenters. The number of furan rings is 1. The predicted octanol–water partition coefficient (Wildman–Crippen LogP) is 19.2. The molecule has 2 nitrogen and oxygen atoms in total. The van der Waals surface area contributed by atoms with E-state index in [0.29, 0.717) is 0 Å². The molecular formula is C71H45NO. The zero-order chi connectivity index (χ0) is 48.0. The highest BCUT2D eigenvalue weighted by atomic mass is 16.3. The molecule has 0 bridgehead atoms. The lowest BCUT2D eigenvalue weighted by atomic mass is 9.70. The third-order valence-corrected chi connectivity index (χ3v) is 15.7. The molecule has 0 N–H and O–H groups in total. The zero-order valence-corrected chi connectivity index (χ0v) is 39.8. The van der Waals surface area contributed by atoms with Crippen LogP contribution in [0, 0.1) is 0 Å². The van der Waals surface area contributed by atoms with Crippen LogP contribution in [0.4, 0.5) is 17.1 Å². The number of rotatable bonds is 7. The third kappa shape index (κ3) is 6.24. The summed E-state index contributed by atoms with van der Waals surface area (Å²) >= 11 is 0. The highest BCUT2D eigenvalue weighted by molar-refractivity contribution is 6.22. The van der Waals surface area contributed by atoms with E-state index in [-0.39, 0.29) is 0 Å². The Balaban J connectivity index is 0.903. The Morgan fingerprint density at radius 1 is 0.274 bits per heavy atom. The summed E-state index contributed by atoms with van der Waals surface area (Å²) in [5.41, 5.74) is 24.5. The Morgan fingerprint density at radius 3 is 1.41 bits per heavy atom. The van der Waals surface area contributed by atoms with Gasteiger partial charge < -0.3 is 9.32 Å². The molecule has 1 heterocycles. The van der Waals surface area contributed by atoms with Crippen LogP contribution in [0.25, 0.3) is 99.5 Å². The van der Waals surface area contributed by atoms with Crippen LogP contribution in [0.2, 0.25) is 0 Å². The highest BCUT2D eigenvalue weighted by Crippen LogP contribution is 2.63. The topological polar surface area (TPSA) is 16.4 Å². The molecule has 0 atom stereocenters. The molecule has 2 heteroatoms. The first-order chi connectivity index (χ1) is 36.2. The lowest BCUT2D eigenvalue weighted by molar-refractivity contribution is 0.672. The smallest absolute Gasteiger partial charge is 0.143 e. The first kappa shape index (κ1) is 41.3. The summed E-state index contributed by atoms with van der Waals surface area (Å²) in [4.78, 5) is 2.37. The van der Waals surface area contributed by atoms with Crippen molar-refractivity contribution in [3.63, 3.8) is 0 Å². The molecule has 0 fully saturated rings. The van der Waals surface area contributed by atoms with Gasteiger partial charge in [0.1, 0.15) is 11.2 Å². The summed E-state index contributed by atoms with van der Waals surface area (Å²) in [6.07, 6.45) is 0. The van der Waals surface area contributed by atoms with Gasteiger partial charge in [-0.1, -0.05) is 212 Å². The number of nitrogens with zero attached hydrogens (tertiary/aromatic N) is 1. The first-order valence-electron chi connectivity index (χ1n) is 25.2. The summed E-state index contributed by atoms with van der Waals surface area (Å²) in [6.45, 7) is 0. The van der Waals surface area contributed by atoms with E-state index in [1.165, 1.54) is 77.9 Å². The van der Waals surface area contributed by atoms with Gasteiger partial charge in [-0.15, -0.1) is 0 Å². The van der Waals surface area contributed by atoms with E-state index in [1.54, 1.807) is 0 Å². The molecule has 2 aliphatic carbocycles. The Bertz CT molecular complexity index is 4260. The van der Waals surface area contributed by atoms with Gasteiger partial charge in [0, 0.05) is 22.1 Å². The van der Waals surface area contributed by atoms with Crippen molar-refractivity contribution in [3.8, 4) is 66.8 Å². The Kier molecular flexibility index (Phi) is 9.21. The number of hydrogen-bond acceptors (Lipinski definition) is 2. The summed E-state index contributed by atoms with van der Waals surface area (Å²) in [6, 6.07) is 100. The Morgan fingerprint density at radius 2 is 0.740 bits per heavy atom. The number of benzene rings is 12. The number of hydrogen-bond donors (Lipinski definition) is 0. The molecule has 13 aromatic rings. The van der Waals surface area contributed by atoms with Crippen LogP contribution in [0.3, 0.4) is 0 Å². The van der Waals surface area contributed by atoms with Gasteiger partial charge in [0.25, 0.3) is 0 Å². The van der Waals surface area contributed by atoms with Gasteiger partial charge in [0.05, 0.1) is 16.5 Å². The normalized spacial score (nSPS) is 12.8. The average Bonchev–Trinajstić information content (AvgIpc) is 4.18. The van der Waals surface area contributed by atoms with E-state index in [9.17, 15) is 0 Å². The van der Waals surface area contributed by atoms with E-state index in [4.69, 9.17) is 4.42 Å². The Labute approximate surface area is 424 Å². The molecule has 0 saturated carbocycles. The zero-order valence-electron chi connectivity index (χ0n) is 39.8. The SMILES string of the molecule is c1ccc(-c2ccc(N(c3ccccc3)c3cccc4oc5c6ccccc6c(-c6cccc(-c7ccc8c(c7)C7(c9ccccc9-c9ccccc97)c7cc(-c9ccccc9)ccc7-8)c6)cc5c34)cc2)cc1. The number of para-hydroxylation sites is 1. The van der Waals surface area contributed by atoms with Crippen molar-refractivity contribution < 1.29 is 4.42 Å². The van der Waals surface area contributed by atoms with E-state index >= 15 is 0 Å². The fourth-order valence-corrected chi connectivity index (χ4v) is 12.5. The van der Waals surface area contributed by atoms with Gasteiger partial charge in [0.2, 0.25) is 0 Å². The molecule has 2 aliphatic rings. The van der Waals surface area contributed by atoms with Crippen LogP contribution in [0.5, 0.6) is 0 Å². The van der Waals surface area contributed by atoms with E-state index in [1.807, 2.05) is 0 Å². The molecule has 12 aromatic carbocycles. The van der Waals surface area contributed by atoms with Crippen LogP contribution >= 0.6 is 0 Å². The van der Waals surface area contributed by atoms with Crippen LogP contribution in [-0.4, -0.2) is 0 Å². The van der Waals surface area contributed by atoms with Crippen molar-refractivity contribution in [2.75, 3.05) is 4.90 Å². The molecule has 1 spiro atoms. The van der Waals surface area contributed by atoms with Crippen LogP contribution in [0.1, 0.15) is 22.3 Å². The van der Waals surface area contributed by atoms with Gasteiger partial charge in [-0.2, -0.15) is 0 Å². The fourth-order valence-electron chi connectivity index (χ4n) is 12.5. The maximum absolute atomic E-state index is 6.96. The van der Waals surface area contributed by atoms with Crippen molar-refractivity contribution in [2.24, 2.45) is 0 Å². The average molecular weight is 928 g/mol. The molecule has 1 aromatic heterocycles. The highest BCUT2D eigenvalue weighted by Gasteiger charge is 2.51. The summed E-state index contributed by atoms with van der Waals surface area (Å²) in [5.74, 6) is 0. The molecule has 73 heavy (non-hydrogen) atoms. The van der Waals surface area contributed by atoms with Crippen molar-refractivity contribution in [3.05, 3.63) is 295 Å². The lowest BCUT2D eigenvalue weighted by Gasteiger charge is -2.31. The van der Waals surface area contributed by atoms with E-state index in [0.717, 1.165) is 60.9 Å². The second-order valence-electron chi connectivity index (χ2n) is 19.5. The minimum absolute atomic E-state index is 0.477. The molecule has 0 aliphatic heterocycles. The lowest BCUT2D eigenvalue weighted by Crippen LogP contribution is -2.26. The van der Waals surface area contributed by atoms with Crippen LogP contribution in [-0.2, 0) is 5.41 Å². The standard InChI is InChI=1S/C71H45NO/c1-4-18-46(19-5-1)48-34-38-54(39-35-48)72(53-24-8-3-9-25-53)67-32-17-33-68-69(67)62-45-61(55-26-10-11-29-60(55)70(62)73-68)52-23-16-22-49(42-52)51-37-41-59-58-40-36-50(47-20-6-2-7-21-47)43-65(58)71(66(59)44-51)63-30-14-12-27-56(63)57-28-13-15-31-64(57)71/h1-45H. The van der Waals surface area contributed by atoms with E-state index in [2.05, 4.69) is 278 Å². The van der Waals surface area contributed by atoms with Crippen molar-refractivity contribution in [1.82, 2.24) is 0 Å². The first-order valence-corrected chi connectivity index (χ1v) is 25.2. The summed E-state index contributed by atoms with van der Waals surface area (Å²) < 4.78 is 6.96. The van der Waals surface area contributed by atoms with Gasteiger partial charge in [-0.3, -0.25) is 0 Å². The van der Waals surface area contributed by atoms with Crippen LogP contribution < -0.4 is 4.90 Å². The van der Waals surface area contributed by atoms with Crippen molar-refractivity contribution >= 4 is 49.8 Å². The Hall–Kier alpha value is -9.50. The largest absolute Gasteiger partial charge is 0.455 e. The quantitative estimate of drug-likeness (QED) is 0.158. The molecule has 0 radical (unpaired) electrons. The maximum atomic E-state index is 6.96. The minimum atomic E-state index is -0.477. The summed E-state index contributed by atoms with van der Waals surface area (Å²) in [7, 11) is 0. The molecular weight excluding hydrogens is 883 g/mol. The van der Waals surface area contributed by atoms with Gasteiger partial charge >= 0.3 is 0 Å². The second kappa shape index (κ2) is 16.3. The number of anilines is 3. The number of fused-ring (bicyclic) bond motifs is 15. The van der Waals surface area contributed by atoms with Gasteiger partial charge in [-0.25, -0.2) is 0 Å². The van der Waals surface area contributed by atoms with Crippen molar-refractivity contribution in [2.45, 2.75) is 5.41 Å². The molecule has 15 rings (SSSR count). The molecule has 340 valence electrons. The molecule has 0 saturated heterocycles. The van der Waals surface area contributed by atoms with Crippen LogP contribution in [0.15, 0.2) is 277 Å². The molecule has 0 amide bonds. The predicted molar refractivity (Wildman–Crippen MR) is 304 cm³/mol. The monoisotopic (exact) mass is 927 g/mol. The van der Waals surface area contributed by atoms with E-state index < -0.39 is 5.41 Å². The maximum Gasteiger partial charge on any atom is 0.143 e. The third-order valence-electron chi connectivity index (χ3n) is 15.7. The minimum Gasteiger partial charge on any atom is -0.455 e. The fraction of sp³-hybridized carbons (Fsp3) is 0.0141. The second-order valence-corrected chi connectivity index (χ2v) is 19.5.